The molecule has 0 amide bonds. The molecule has 1 aliphatic carbocycles. The van der Waals surface area contributed by atoms with E-state index in [1.807, 2.05) is 18.2 Å². The predicted molar refractivity (Wildman–Crippen MR) is 118 cm³/mol. The zero-order valence-corrected chi connectivity index (χ0v) is 18.2. The molecule has 28 heavy (non-hydrogen) atoms. The highest BCUT2D eigenvalue weighted by molar-refractivity contribution is 7.98. The average Bonchev–Trinajstić information content (AvgIpc) is 3.13. The van der Waals surface area contributed by atoms with Gasteiger partial charge in [-0.05, 0) is 49.1 Å². The van der Waals surface area contributed by atoms with Crippen molar-refractivity contribution in [2.24, 2.45) is 0 Å². The predicted octanol–water partition coefficient (Wildman–Crippen LogP) is 7.22. The van der Waals surface area contributed by atoms with E-state index in [1.165, 1.54) is 43.4 Å². The van der Waals surface area contributed by atoms with Gasteiger partial charge >= 0.3 is 0 Å². The van der Waals surface area contributed by atoms with Crippen molar-refractivity contribution in [3.8, 4) is 5.69 Å². The van der Waals surface area contributed by atoms with E-state index in [0.29, 0.717) is 16.0 Å². The molecule has 0 bridgehead atoms. The first-order valence-corrected chi connectivity index (χ1v) is 11.5. The number of hydrogen-bond acceptors (Lipinski definition) is 3. The lowest BCUT2D eigenvalue weighted by atomic mass is 9.88. The Morgan fingerprint density at radius 3 is 2.54 bits per heavy atom. The normalized spacial score (nSPS) is 15.1. The topological polar surface area (TPSA) is 30.7 Å². The lowest BCUT2D eigenvalue weighted by molar-refractivity contribution is 0.423. The fourth-order valence-corrected chi connectivity index (χ4v) is 5.03. The molecule has 1 saturated carbocycles. The van der Waals surface area contributed by atoms with E-state index in [9.17, 15) is 0 Å². The van der Waals surface area contributed by atoms with E-state index < -0.39 is 0 Å². The molecule has 1 aliphatic rings. The van der Waals surface area contributed by atoms with Crippen molar-refractivity contribution in [3.05, 3.63) is 69.5 Å². The summed E-state index contributed by atoms with van der Waals surface area (Å²) in [5.41, 5.74) is 3.53. The SMILES string of the molecule is Cc1ccccc1-n1c(SCc2ccc(Cl)c(Cl)c2)nnc1C1CCCCC1. The van der Waals surface area contributed by atoms with Crippen molar-refractivity contribution in [2.45, 2.75) is 55.9 Å². The van der Waals surface area contributed by atoms with Gasteiger partial charge in [-0.3, -0.25) is 4.57 Å². The highest BCUT2D eigenvalue weighted by atomic mass is 35.5. The van der Waals surface area contributed by atoms with Crippen molar-refractivity contribution < 1.29 is 0 Å². The van der Waals surface area contributed by atoms with Crippen molar-refractivity contribution >= 4 is 35.0 Å². The molecule has 4 rings (SSSR count). The zero-order chi connectivity index (χ0) is 19.5. The molecule has 1 heterocycles. The van der Waals surface area contributed by atoms with Crippen molar-refractivity contribution in [1.29, 1.82) is 0 Å². The van der Waals surface area contributed by atoms with Crippen LogP contribution in [0.1, 0.15) is 55.0 Å². The second-order valence-electron chi connectivity index (χ2n) is 7.33. The van der Waals surface area contributed by atoms with Crippen LogP contribution in [0.3, 0.4) is 0 Å². The van der Waals surface area contributed by atoms with Crippen LogP contribution in [0, 0.1) is 6.92 Å². The number of para-hydroxylation sites is 1. The third-order valence-electron chi connectivity index (χ3n) is 5.34. The van der Waals surface area contributed by atoms with Gasteiger partial charge in [0.2, 0.25) is 0 Å². The monoisotopic (exact) mass is 431 g/mol. The molecule has 1 aromatic heterocycles. The summed E-state index contributed by atoms with van der Waals surface area (Å²) in [6.07, 6.45) is 6.27. The maximum Gasteiger partial charge on any atom is 0.196 e. The lowest BCUT2D eigenvalue weighted by Gasteiger charge is -2.22. The molecule has 2 aromatic carbocycles. The van der Waals surface area contributed by atoms with Crippen molar-refractivity contribution in [1.82, 2.24) is 14.8 Å². The standard InChI is InChI=1S/C22H23Cl2N3S/c1-15-7-5-6-10-20(15)27-21(17-8-3-2-4-9-17)25-26-22(27)28-14-16-11-12-18(23)19(24)13-16/h5-7,10-13,17H,2-4,8-9,14H2,1H3. The van der Waals surface area contributed by atoms with Crippen molar-refractivity contribution in [3.63, 3.8) is 0 Å². The molecular formula is C22H23Cl2N3S. The number of aryl methyl sites for hydroxylation is 1. The Morgan fingerprint density at radius 2 is 1.79 bits per heavy atom. The summed E-state index contributed by atoms with van der Waals surface area (Å²) in [5, 5.41) is 11.3. The largest absolute Gasteiger partial charge is 0.274 e. The number of nitrogens with zero attached hydrogens (tertiary/aromatic N) is 3. The van der Waals surface area contributed by atoms with Gasteiger partial charge in [-0.15, -0.1) is 10.2 Å². The molecule has 0 atom stereocenters. The molecule has 3 aromatic rings. The minimum atomic E-state index is 0.486. The average molecular weight is 432 g/mol. The van der Waals surface area contributed by atoms with Gasteiger partial charge in [-0.2, -0.15) is 0 Å². The number of halogens is 2. The second-order valence-corrected chi connectivity index (χ2v) is 9.09. The van der Waals surface area contributed by atoms with Crippen LogP contribution in [-0.4, -0.2) is 14.8 Å². The third-order valence-corrected chi connectivity index (χ3v) is 7.08. The van der Waals surface area contributed by atoms with E-state index in [0.717, 1.165) is 22.3 Å². The quantitative estimate of drug-likeness (QED) is 0.399. The van der Waals surface area contributed by atoms with Crippen LogP contribution in [0.25, 0.3) is 5.69 Å². The van der Waals surface area contributed by atoms with Crippen LogP contribution in [0.15, 0.2) is 47.6 Å². The Balaban J connectivity index is 1.67. The molecule has 0 spiro atoms. The highest BCUT2D eigenvalue weighted by Crippen LogP contribution is 2.36. The van der Waals surface area contributed by atoms with Crippen LogP contribution < -0.4 is 0 Å². The lowest BCUT2D eigenvalue weighted by Crippen LogP contribution is -2.12. The minimum Gasteiger partial charge on any atom is -0.274 e. The van der Waals surface area contributed by atoms with E-state index in [2.05, 4.69) is 46.0 Å². The van der Waals surface area contributed by atoms with E-state index in [-0.39, 0.29) is 0 Å². The molecule has 1 fully saturated rings. The Hall–Kier alpha value is -1.49. The molecule has 0 saturated heterocycles. The molecule has 146 valence electrons. The summed E-state index contributed by atoms with van der Waals surface area (Å²) >= 11 is 13.9. The molecule has 0 radical (unpaired) electrons. The molecule has 0 aliphatic heterocycles. The summed E-state index contributed by atoms with van der Waals surface area (Å²) < 4.78 is 2.27. The Morgan fingerprint density at radius 1 is 1.00 bits per heavy atom. The van der Waals surface area contributed by atoms with Crippen LogP contribution in [0.4, 0.5) is 0 Å². The van der Waals surface area contributed by atoms with Crippen LogP contribution in [-0.2, 0) is 5.75 Å². The smallest absolute Gasteiger partial charge is 0.196 e. The number of rotatable bonds is 5. The maximum atomic E-state index is 6.17. The van der Waals surface area contributed by atoms with Gasteiger partial charge in [0.25, 0.3) is 0 Å². The summed E-state index contributed by atoms with van der Waals surface area (Å²) in [6, 6.07) is 14.2. The van der Waals surface area contributed by atoms with E-state index in [1.54, 1.807) is 11.8 Å². The fraction of sp³-hybridized carbons (Fsp3) is 0.364. The Labute approximate surface area is 180 Å². The number of hydrogen-bond donors (Lipinski definition) is 0. The molecule has 0 N–H and O–H groups in total. The van der Waals surface area contributed by atoms with Gasteiger partial charge in [-0.1, -0.05) is 78.5 Å². The summed E-state index contributed by atoms with van der Waals surface area (Å²) in [6.45, 7) is 2.15. The summed E-state index contributed by atoms with van der Waals surface area (Å²) in [7, 11) is 0. The first kappa shape index (κ1) is 19.8. The van der Waals surface area contributed by atoms with Gasteiger partial charge in [0.05, 0.1) is 15.7 Å². The first-order chi connectivity index (χ1) is 13.6. The minimum absolute atomic E-state index is 0.486. The summed E-state index contributed by atoms with van der Waals surface area (Å²) in [4.78, 5) is 0. The molecule has 3 nitrogen and oxygen atoms in total. The van der Waals surface area contributed by atoms with Crippen LogP contribution >= 0.6 is 35.0 Å². The van der Waals surface area contributed by atoms with Crippen molar-refractivity contribution in [2.75, 3.05) is 0 Å². The van der Waals surface area contributed by atoms with Crippen LogP contribution in [0.2, 0.25) is 10.0 Å². The van der Waals surface area contributed by atoms with E-state index in [4.69, 9.17) is 23.2 Å². The maximum absolute atomic E-state index is 6.17. The van der Waals surface area contributed by atoms with Gasteiger partial charge in [0, 0.05) is 11.7 Å². The van der Waals surface area contributed by atoms with Gasteiger partial charge < -0.3 is 0 Å². The Kier molecular flexibility index (Phi) is 6.29. The zero-order valence-electron chi connectivity index (χ0n) is 15.9. The number of benzene rings is 2. The molecule has 6 heteroatoms. The second kappa shape index (κ2) is 8.89. The molecule has 0 unspecified atom stereocenters. The van der Waals surface area contributed by atoms with Crippen LogP contribution in [0.5, 0.6) is 0 Å². The number of aromatic nitrogens is 3. The Bertz CT molecular complexity index is 964. The number of thioether (sulfide) groups is 1. The highest BCUT2D eigenvalue weighted by Gasteiger charge is 2.25. The first-order valence-electron chi connectivity index (χ1n) is 9.71. The third kappa shape index (κ3) is 4.24. The molecular weight excluding hydrogens is 409 g/mol. The summed E-state index contributed by atoms with van der Waals surface area (Å²) in [5.74, 6) is 2.36. The fourth-order valence-electron chi connectivity index (χ4n) is 3.82. The van der Waals surface area contributed by atoms with Gasteiger partial charge in [0.15, 0.2) is 5.16 Å². The van der Waals surface area contributed by atoms with E-state index >= 15 is 0 Å². The van der Waals surface area contributed by atoms with Gasteiger partial charge in [-0.25, -0.2) is 0 Å². The van der Waals surface area contributed by atoms with Gasteiger partial charge in [0.1, 0.15) is 5.82 Å².